The molecule has 1 rings (SSSR count). The van der Waals surface area contributed by atoms with Gasteiger partial charge < -0.3 is 5.11 Å². The summed E-state index contributed by atoms with van der Waals surface area (Å²) in [7, 11) is -7.79. The Hall–Kier alpha value is -0.320. The molecule has 0 amide bonds. The van der Waals surface area contributed by atoms with E-state index in [1.54, 1.807) is 0 Å². The molecule has 0 aromatic carbocycles. The summed E-state index contributed by atoms with van der Waals surface area (Å²) in [6, 6.07) is -1.18. The van der Waals surface area contributed by atoms with Gasteiger partial charge in [-0.3, -0.25) is 4.79 Å². The number of thioether (sulfide) groups is 1. The van der Waals surface area contributed by atoms with Crippen LogP contribution < -0.4 is 0 Å². The normalized spacial score (nSPS) is 23.5. The lowest BCUT2D eigenvalue weighted by atomic mass is 10.3. The summed E-state index contributed by atoms with van der Waals surface area (Å²) in [6.07, 6.45) is 0.805. The zero-order valence-corrected chi connectivity index (χ0v) is 11.5. The minimum atomic E-state index is -4.08. The average Bonchev–Trinajstić information content (AvgIpc) is 2.14. The van der Waals surface area contributed by atoms with Crippen molar-refractivity contribution < 1.29 is 26.7 Å². The molecule has 0 aliphatic carbocycles. The number of carboxylic acid groups (broad SMARTS) is 1. The van der Waals surface area contributed by atoms with Gasteiger partial charge in [0.15, 0.2) is 14.9 Å². The number of sulfone groups is 1. The van der Waals surface area contributed by atoms with Crippen LogP contribution in [-0.2, 0) is 24.7 Å². The van der Waals surface area contributed by atoms with Crippen molar-refractivity contribution in [2.24, 2.45) is 0 Å². The summed E-state index contributed by atoms with van der Waals surface area (Å²) in [5.41, 5.74) is 0. The highest BCUT2D eigenvalue weighted by Crippen LogP contribution is 2.20. The molecule has 10 heteroatoms. The number of nitrogens with zero attached hydrogens (tertiary/aromatic N) is 1. The van der Waals surface area contributed by atoms with E-state index in [9.17, 15) is 21.6 Å². The topological polar surface area (TPSA) is 109 Å². The molecule has 7 nitrogen and oxygen atoms in total. The monoisotopic (exact) mass is 303 g/mol. The number of carbonyl (C=O) groups is 1. The highest BCUT2D eigenvalue weighted by molar-refractivity contribution is 8.06. The number of sulfonamides is 1. The van der Waals surface area contributed by atoms with Crippen LogP contribution in [0.4, 0.5) is 0 Å². The van der Waals surface area contributed by atoms with Crippen molar-refractivity contribution in [1.82, 2.24) is 4.31 Å². The Morgan fingerprint density at radius 2 is 2.00 bits per heavy atom. The van der Waals surface area contributed by atoms with E-state index in [0.29, 0.717) is 5.75 Å². The molecule has 0 aromatic rings. The van der Waals surface area contributed by atoms with E-state index in [2.05, 4.69) is 0 Å². The smallest absolute Gasteiger partial charge is 0.322 e. The molecule has 0 aromatic heterocycles. The van der Waals surface area contributed by atoms with Crippen LogP contribution in [0.25, 0.3) is 0 Å². The Bertz CT molecular complexity index is 496. The second kappa shape index (κ2) is 5.12. The van der Waals surface area contributed by atoms with Crippen molar-refractivity contribution >= 4 is 37.6 Å². The van der Waals surface area contributed by atoms with Crippen molar-refractivity contribution in [1.29, 1.82) is 0 Å². The van der Waals surface area contributed by atoms with Gasteiger partial charge in [-0.1, -0.05) is 0 Å². The first kappa shape index (κ1) is 14.7. The van der Waals surface area contributed by atoms with E-state index < -0.39 is 37.0 Å². The minimum Gasteiger partial charge on any atom is -0.480 e. The lowest BCUT2D eigenvalue weighted by Crippen LogP contribution is -2.51. The van der Waals surface area contributed by atoms with E-state index in [-0.39, 0.29) is 12.3 Å². The number of carboxylic acids is 1. The van der Waals surface area contributed by atoms with Crippen molar-refractivity contribution in [3.8, 4) is 0 Å². The fourth-order valence-electron chi connectivity index (χ4n) is 1.45. The van der Waals surface area contributed by atoms with Gasteiger partial charge in [0.05, 0.1) is 0 Å². The van der Waals surface area contributed by atoms with Crippen LogP contribution in [0.15, 0.2) is 0 Å². The molecule has 1 aliphatic rings. The Balaban J connectivity index is 2.99. The minimum absolute atomic E-state index is 0.0273. The maximum atomic E-state index is 11.8. The van der Waals surface area contributed by atoms with Crippen molar-refractivity contribution in [2.75, 3.05) is 29.4 Å². The molecule has 1 aliphatic heterocycles. The number of rotatable bonds is 4. The molecule has 0 spiro atoms. The molecule has 0 bridgehead atoms. The highest BCUT2D eigenvalue weighted by Gasteiger charge is 2.38. The quantitative estimate of drug-likeness (QED) is 0.696. The molecular weight excluding hydrogens is 290 g/mol. The van der Waals surface area contributed by atoms with Crippen molar-refractivity contribution in [2.45, 2.75) is 6.04 Å². The molecule has 1 heterocycles. The summed E-state index contributed by atoms with van der Waals surface area (Å²) in [4.78, 5) is 10.9. The Morgan fingerprint density at radius 1 is 1.41 bits per heavy atom. The van der Waals surface area contributed by atoms with Gasteiger partial charge >= 0.3 is 5.97 Å². The van der Waals surface area contributed by atoms with E-state index in [1.807, 2.05) is 0 Å². The zero-order valence-electron chi connectivity index (χ0n) is 9.07. The Labute approximate surface area is 104 Å². The predicted octanol–water partition coefficient (Wildman–Crippen LogP) is -1.18. The number of hydrogen-bond donors (Lipinski definition) is 1. The van der Waals surface area contributed by atoms with Gasteiger partial charge in [0.25, 0.3) is 0 Å². The lowest BCUT2D eigenvalue weighted by molar-refractivity contribution is -0.140. The second-order valence-electron chi connectivity index (χ2n) is 3.70. The fourth-order valence-corrected chi connectivity index (χ4v) is 6.33. The molecule has 1 saturated heterocycles. The van der Waals surface area contributed by atoms with Gasteiger partial charge in [-0.25, -0.2) is 16.8 Å². The third-order valence-electron chi connectivity index (χ3n) is 2.08. The maximum Gasteiger partial charge on any atom is 0.322 e. The lowest BCUT2D eigenvalue weighted by Gasteiger charge is -2.31. The van der Waals surface area contributed by atoms with E-state index in [4.69, 9.17) is 5.11 Å². The summed E-state index contributed by atoms with van der Waals surface area (Å²) in [5.74, 6) is -0.653. The van der Waals surface area contributed by atoms with Crippen molar-refractivity contribution in [3.05, 3.63) is 0 Å². The van der Waals surface area contributed by atoms with Gasteiger partial charge in [-0.2, -0.15) is 16.1 Å². The Kier molecular flexibility index (Phi) is 4.44. The Morgan fingerprint density at radius 3 is 2.47 bits per heavy atom. The fraction of sp³-hybridized carbons (Fsp3) is 0.857. The maximum absolute atomic E-state index is 11.8. The predicted molar refractivity (Wildman–Crippen MR) is 64.1 cm³/mol. The van der Waals surface area contributed by atoms with Crippen LogP contribution in [-0.4, -0.2) is 67.6 Å². The number of hydrogen-bond acceptors (Lipinski definition) is 6. The first-order valence-electron chi connectivity index (χ1n) is 4.61. The van der Waals surface area contributed by atoms with Crippen LogP contribution in [0.3, 0.4) is 0 Å². The molecule has 100 valence electrons. The summed E-state index contributed by atoms with van der Waals surface area (Å²) < 4.78 is 46.4. The van der Waals surface area contributed by atoms with Crippen LogP contribution in [0.5, 0.6) is 0 Å². The highest BCUT2D eigenvalue weighted by atomic mass is 32.3. The SMILES string of the molecule is CS(=O)(=O)CS(=O)(=O)N1CCSCC1C(=O)O. The van der Waals surface area contributed by atoms with Gasteiger partial charge in [0.2, 0.25) is 10.0 Å². The third kappa shape index (κ3) is 4.12. The van der Waals surface area contributed by atoms with Crippen LogP contribution in [0.1, 0.15) is 0 Å². The van der Waals surface area contributed by atoms with Gasteiger partial charge in [-0.15, -0.1) is 0 Å². The average molecular weight is 303 g/mol. The van der Waals surface area contributed by atoms with Crippen LogP contribution in [0.2, 0.25) is 0 Å². The second-order valence-corrected chi connectivity index (χ2v) is 9.27. The summed E-state index contributed by atoms with van der Waals surface area (Å²) in [5, 5.41) is 7.85. The summed E-state index contributed by atoms with van der Waals surface area (Å²) >= 11 is 1.33. The van der Waals surface area contributed by atoms with E-state index in [0.717, 1.165) is 10.6 Å². The van der Waals surface area contributed by atoms with E-state index in [1.165, 1.54) is 11.8 Å². The van der Waals surface area contributed by atoms with Gasteiger partial charge in [0.1, 0.15) is 6.04 Å². The first-order valence-corrected chi connectivity index (χ1v) is 9.44. The van der Waals surface area contributed by atoms with Crippen LogP contribution in [0, 0.1) is 0 Å². The zero-order chi connectivity index (χ0) is 13.3. The standard InChI is InChI=1S/C7H13NO6S3/c1-16(11,12)5-17(13,14)8-2-3-15-4-6(8)7(9)10/h6H,2-5H2,1H3,(H,9,10). The first-order chi connectivity index (χ1) is 7.63. The third-order valence-corrected chi connectivity index (χ3v) is 7.16. The molecule has 1 atom stereocenters. The van der Waals surface area contributed by atoms with E-state index >= 15 is 0 Å². The molecule has 17 heavy (non-hydrogen) atoms. The molecular formula is C7H13NO6S3. The molecule has 0 saturated carbocycles. The molecule has 0 radical (unpaired) electrons. The molecule has 1 N–H and O–H groups in total. The van der Waals surface area contributed by atoms with Gasteiger partial charge in [0, 0.05) is 24.3 Å². The summed E-state index contributed by atoms with van der Waals surface area (Å²) in [6.45, 7) is 0.0273. The largest absolute Gasteiger partial charge is 0.480 e. The van der Waals surface area contributed by atoms with Gasteiger partial charge in [-0.05, 0) is 0 Å². The molecule has 1 fully saturated rings. The molecule has 1 unspecified atom stereocenters. The van der Waals surface area contributed by atoms with Crippen LogP contribution >= 0.6 is 11.8 Å². The number of aliphatic carboxylic acids is 1. The van der Waals surface area contributed by atoms with Crippen molar-refractivity contribution in [3.63, 3.8) is 0 Å².